The molecular weight excluding hydrogens is 1810 g/mol. The van der Waals surface area contributed by atoms with Crippen molar-refractivity contribution in [1.82, 2.24) is 0 Å². The van der Waals surface area contributed by atoms with Crippen LogP contribution in [-0.4, -0.2) is 53.7 Å². The van der Waals surface area contributed by atoms with Crippen molar-refractivity contribution in [3.05, 3.63) is 440 Å². The number of fused-ring (bicyclic) bond motifs is 9. The Morgan fingerprint density at radius 1 is 0.268 bits per heavy atom. The summed E-state index contributed by atoms with van der Waals surface area (Å²) < 4.78 is 46.0. The molecule has 7 N–H and O–H groups in total. The van der Waals surface area contributed by atoms with E-state index in [1.165, 1.54) is 54.6 Å². The maximum Gasteiger partial charge on any atom is 0.344 e. The van der Waals surface area contributed by atoms with Gasteiger partial charge in [-0.15, -0.1) is 0 Å². The van der Waals surface area contributed by atoms with Crippen molar-refractivity contribution < 1.29 is 87.1 Å². The van der Waals surface area contributed by atoms with Gasteiger partial charge in [0.05, 0.1) is 32.8 Å². The van der Waals surface area contributed by atoms with E-state index in [1.807, 2.05) is 232 Å². The van der Waals surface area contributed by atoms with Crippen LogP contribution >= 0.6 is 47.8 Å². The second-order valence-electron chi connectivity index (χ2n) is 28.2. The molecule has 0 radical (unpaired) electrons. The van der Waals surface area contributed by atoms with Gasteiger partial charge in [-0.2, -0.15) is 0 Å². The number of carbonyl (C=O) groups is 3. The first-order valence-corrected chi connectivity index (χ1v) is 41.5. The van der Waals surface area contributed by atoms with Crippen LogP contribution in [0.3, 0.4) is 0 Å². The maximum absolute atomic E-state index is 12.4. The molecule has 24 heteroatoms. The number of carboxylic acids is 2. The Labute approximate surface area is 751 Å². The lowest BCUT2D eigenvalue weighted by Gasteiger charge is -2.10. The van der Waals surface area contributed by atoms with Crippen LogP contribution in [0.4, 0.5) is 0 Å². The summed E-state index contributed by atoms with van der Waals surface area (Å²) in [7, 11) is 0. The van der Waals surface area contributed by atoms with Gasteiger partial charge in [-0.05, 0) is 246 Å². The Kier molecular flexibility index (Phi) is 31.7. The first kappa shape index (κ1) is 91.0. The lowest BCUT2D eigenvalue weighted by molar-refractivity contribution is 0.0470. The number of rotatable bonds is 17. The summed E-state index contributed by atoms with van der Waals surface area (Å²) in [6.07, 6.45) is 0. The summed E-state index contributed by atoms with van der Waals surface area (Å²) in [6.45, 7) is 5.91. The molecule has 18 rings (SSSR count). The summed E-state index contributed by atoms with van der Waals surface area (Å²) in [5, 5.41) is 69.1. The van der Waals surface area contributed by atoms with Gasteiger partial charge in [0.2, 0.25) is 0 Å². The number of carbonyl (C=O) groups excluding carboxylic acids is 1. The molecule has 0 fully saturated rings. The third-order valence-corrected chi connectivity index (χ3v) is 21.0. The number of aryl methyl sites for hydroxylation is 2. The fraction of sp³-hybridized carbons (Fsp3) is 0.0680. The second-order valence-corrected chi connectivity index (χ2v) is 30.8. The Bertz CT molecular complexity index is 6880. The molecule has 3 aromatic heterocycles. The fourth-order valence-electron chi connectivity index (χ4n) is 12.6. The van der Waals surface area contributed by atoms with Crippen LogP contribution in [0.2, 0.25) is 0 Å². The highest BCUT2D eigenvalue weighted by Crippen LogP contribution is 2.33. The van der Waals surface area contributed by atoms with Crippen molar-refractivity contribution in [2.24, 2.45) is 0 Å². The normalized spacial score (nSPS) is 10.5. The Morgan fingerprint density at radius 3 is 0.929 bits per heavy atom. The number of hydrogen-bond acceptors (Lipinski definition) is 19. The summed E-state index contributed by atoms with van der Waals surface area (Å²) in [5.41, 5.74) is 8.34. The summed E-state index contributed by atoms with van der Waals surface area (Å²) >= 11 is 9.63. The zero-order valence-electron chi connectivity index (χ0n) is 67.8. The molecule has 0 spiro atoms. The lowest BCUT2D eigenvalue weighted by Crippen LogP contribution is -2.07. The highest BCUT2D eigenvalue weighted by atomic mass is 79.9. The van der Waals surface area contributed by atoms with Crippen molar-refractivity contribution in [2.75, 3.05) is 0 Å². The van der Waals surface area contributed by atoms with E-state index in [9.17, 15) is 39.0 Å². The van der Waals surface area contributed by atoms with E-state index in [0.717, 1.165) is 71.3 Å². The minimum Gasteiger partial charge on any atom is -0.508 e. The number of hydrogen-bond donors (Lipinski definition) is 7. The number of carboxylic acid groups (broad SMARTS) is 2. The van der Waals surface area contributed by atoms with Crippen molar-refractivity contribution >= 4 is 131 Å². The summed E-state index contributed by atoms with van der Waals surface area (Å²) in [5.74, 6) is 0.255. The molecule has 0 aliphatic rings. The topological polar surface area (TPSA) is 330 Å². The first-order chi connectivity index (χ1) is 61.3. The van der Waals surface area contributed by atoms with Crippen molar-refractivity contribution in [1.29, 1.82) is 0 Å². The number of aromatic carboxylic acids is 2. The van der Waals surface area contributed by atoms with Crippen molar-refractivity contribution in [2.45, 2.75) is 46.9 Å². The van der Waals surface area contributed by atoms with Gasteiger partial charge >= 0.3 is 34.8 Å². The molecule has 21 nitrogen and oxygen atoms in total. The number of aromatic hydroxyl groups is 5. The van der Waals surface area contributed by atoms with Gasteiger partial charge < -0.3 is 72.7 Å². The van der Waals surface area contributed by atoms with Crippen molar-refractivity contribution in [3.8, 4) is 51.7 Å². The molecule has 0 saturated carbocycles. The predicted molar refractivity (Wildman–Crippen MR) is 499 cm³/mol. The number of esters is 1. The van der Waals surface area contributed by atoms with Gasteiger partial charge in [-0.3, -0.25) is 0 Å². The van der Waals surface area contributed by atoms with Crippen molar-refractivity contribution in [3.63, 3.8) is 0 Å². The Hall–Kier alpha value is -15.2. The largest absolute Gasteiger partial charge is 0.508 e. The molecule has 127 heavy (non-hydrogen) atoms. The van der Waals surface area contributed by atoms with E-state index < -0.39 is 23.2 Å². The standard InChI is InChI=1S/C21H17BrO3.C21H16O3.C20H14O4.C14H11BrO3.C14H10O3.C7H5BrO3.C6H6O2/c22-20-12-11-18(24-14-16-7-3-1-4-8-16)13-19(20)21(23)25-15-17-9-5-2-6-10-17;1-14-7-9-18-17-10-8-16(23-13-15-5-3-2-4-6-15)12-19(17)21(22)24-20(18)11-14;21-14-6-8-17-16-9-7-15(23-12-13-4-2-1-3-5-13)11-18(16)20(22)24-19(17)10-14;15-13-7-6-11(8-12(13)14(16)17)18-9-10-4-2-1-3-5-10;1-8-2-4-11-10-5-3-9(15)7-12(10)14(16)17-13(11)6-8;8-6-2-1-4(9)3-5(6)7(10)11;7-5-2-1-3-6(8)4-5/h1-13H,14-15H2;2-12H,13H2,1H3;1-11,21H,12H2;1-8H,9H2,(H,16,17);2-7,15H,1H3;1-3,9H,(H,10,11);1-4,7-8H. The second kappa shape index (κ2) is 44.2. The molecule has 0 aliphatic carbocycles. The molecule has 0 atom stereocenters. The van der Waals surface area contributed by atoms with Gasteiger partial charge in [0.1, 0.15) is 102 Å². The first-order valence-electron chi connectivity index (χ1n) is 39.1. The average Bonchev–Trinajstić information content (AvgIpc) is 0.778. The van der Waals surface area contributed by atoms with E-state index >= 15 is 0 Å². The molecule has 15 aromatic carbocycles. The van der Waals surface area contributed by atoms with Gasteiger partial charge in [0, 0.05) is 57.9 Å². The summed E-state index contributed by atoms with van der Waals surface area (Å²) in [4.78, 5) is 70.1. The third-order valence-electron chi connectivity index (χ3n) is 18.9. The van der Waals surface area contributed by atoms with E-state index in [2.05, 4.69) is 47.8 Å². The zero-order chi connectivity index (χ0) is 89.9. The fourth-order valence-corrected chi connectivity index (χ4v) is 13.8. The summed E-state index contributed by atoms with van der Waals surface area (Å²) in [6, 6.07) is 101. The molecule has 18 aromatic rings. The number of phenolic OH excluding ortho intramolecular Hbond substituents is 5. The van der Waals surface area contributed by atoms with Crippen LogP contribution < -0.4 is 35.8 Å². The maximum atomic E-state index is 12.4. The molecule has 3 heterocycles. The van der Waals surface area contributed by atoms with Gasteiger partial charge in [0.25, 0.3) is 0 Å². The smallest absolute Gasteiger partial charge is 0.344 e. The number of halogens is 3. The molecule has 0 saturated heterocycles. The highest BCUT2D eigenvalue weighted by molar-refractivity contribution is 9.11. The monoisotopic (exact) mass is 1890 g/mol. The quantitative estimate of drug-likeness (QED) is 0.0253. The van der Waals surface area contributed by atoms with Gasteiger partial charge in [0.15, 0.2) is 0 Å². The SMILES string of the molecule is Cc1ccc2c(c1)oc(=O)c1cc(O)ccc12.Cc1ccc2c(c1)oc(=O)c1cc(OCc3ccccc3)ccc12.O=C(O)c1cc(O)ccc1Br.O=C(O)c1cc(OCc2ccccc2)ccc1Br.O=C(OCc1ccccc1)c1cc(OCc2ccccc2)ccc1Br.O=c1oc2cc(O)ccc2c2ccc(OCc3ccccc3)cc12.Oc1cccc(O)c1. The van der Waals surface area contributed by atoms with Crippen LogP contribution in [0.1, 0.15) is 70.0 Å². The van der Waals surface area contributed by atoms with Crippen LogP contribution in [0.25, 0.3) is 65.2 Å². The molecule has 638 valence electrons. The average molecular weight is 1890 g/mol. The van der Waals surface area contributed by atoms with Crippen LogP contribution in [0.5, 0.6) is 51.7 Å². The van der Waals surface area contributed by atoms with Crippen LogP contribution in [-0.2, 0) is 37.8 Å². The molecule has 0 unspecified atom stereocenters. The molecule has 0 aliphatic heterocycles. The highest BCUT2D eigenvalue weighted by Gasteiger charge is 2.17. The van der Waals surface area contributed by atoms with Gasteiger partial charge in [-0.1, -0.05) is 182 Å². The molecule has 0 amide bonds. The van der Waals surface area contributed by atoms with Crippen LogP contribution in [0, 0.1) is 13.8 Å². The minimum absolute atomic E-state index is 0.0504. The van der Waals surface area contributed by atoms with Crippen LogP contribution in [0.15, 0.2) is 381 Å². The minimum atomic E-state index is -1.06. The number of phenols is 5. The van der Waals surface area contributed by atoms with E-state index in [1.54, 1.807) is 66.7 Å². The number of benzene rings is 15. The predicted octanol–water partition coefficient (Wildman–Crippen LogP) is 24.1. The Morgan fingerprint density at radius 2 is 0.551 bits per heavy atom. The van der Waals surface area contributed by atoms with Gasteiger partial charge in [-0.25, -0.2) is 28.8 Å². The molecule has 0 bridgehead atoms. The third kappa shape index (κ3) is 25.9. The molecular formula is C103H79Br3O21. The van der Waals surface area contributed by atoms with E-state index in [0.29, 0.717) is 101 Å². The number of ether oxygens (including phenoxy) is 5. The van der Waals surface area contributed by atoms with E-state index in [4.69, 9.17) is 62.5 Å². The Balaban J connectivity index is 0.000000138. The van der Waals surface area contributed by atoms with E-state index in [-0.39, 0.29) is 58.1 Å². The lowest BCUT2D eigenvalue weighted by atomic mass is 10.1. The zero-order valence-corrected chi connectivity index (χ0v) is 72.6.